The maximum atomic E-state index is 13.0. The van der Waals surface area contributed by atoms with Gasteiger partial charge in [-0.3, -0.25) is 4.79 Å². The second-order valence-electron chi connectivity index (χ2n) is 8.23. The molecule has 1 aromatic carbocycles. The standard InChI is InChI=1S/C23H29N5OS/c1-15-6-8-19(9-7-15)14-20-16(2)25-28(18(20)4)23-24-17(3)21(30-23)22(29)27-12-10-26(5)11-13-27/h6-9H,10-14H2,1-5H3. The summed E-state index contributed by atoms with van der Waals surface area (Å²) in [6, 6.07) is 8.63. The normalized spacial score (nSPS) is 15.0. The van der Waals surface area contributed by atoms with Gasteiger partial charge in [-0.05, 0) is 40.3 Å². The summed E-state index contributed by atoms with van der Waals surface area (Å²) in [5.74, 6) is 0.0887. The first-order chi connectivity index (χ1) is 14.3. The maximum Gasteiger partial charge on any atom is 0.266 e. The Morgan fingerprint density at radius 3 is 2.33 bits per heavy atom. The number of carbonyl (C=O) groups excluding carboxylic acids is 1. The Labute approximate surface area is 182 Å². The van der Waals surface area contributed by atoms with Gasteiger partial charge < -0.3 is 9.80 Å². The zero-order valence-electron chi connectivity index (χ0n) is 18.4. The van der Waals surface area contributed by atoms with Crippen molar-refractivity contribution < 1.29 is 4.79 Å². The van der Waals surface area contributed by atoms with Gasteiger partial charge in [0.05, 0.1) is 11.4 Å². The molecule has 158 valence electrons. The van der Waals surface area contributed by atoms with Crippen molar-refractivity contribution in [2.75, 3.05) is 33.2 Å². The van der Waals surface area contributed by atoms with E-state index in [9.17, 15) is 4.79 Å². The molecule has 0 unspecified atom stereocenters. The lowest BCUT2D eigenvalue weighted by atomic mass is 10.0. The minimum Gasteiger partial charge on any atom is -0.335 e. The fraction of sp³-hybridized carbons (Fsp3) is 0.435. The Hall–Kier alpha value is -2.51. The fourth-order valence-electron chi connectivity index (χ4n) is 3.85. The average Bonchev–Trinajstić information content (AvgIpc) is 3.24. The van der Waals surface area contributed by atoms with E-state index in [0.29, 0.717) is 0 Å². The van der Waals surface area contributed by atoms with Crippen molar-refractivity contribution in [2.45, 2.75) is 34.1 Å². The minimum atomic E-state index is 0.0887. The van der Waals surface area contributed by atoms with Gasteiger partial charge in [0.2, 0.25) is 5.13 Å². The molecule has 1 saturated heterocycles. The van der Waals surface area contributed by atoms with E-state index < -0.39 is 0 Å². The lowest BCUT2D eigenvalue weighted by Crippen LogP contribution is -2.47. The number of rotatable bonds is 4. The molecule has 0 atom stereocenters. The van der Waals surface area contributed by atoms with Gasteiger partial charge >= 0.3 is 0 Å². The number of carbonyl (C=O) groups is 1. The van der Waals surface area contributed by atoms with E-state index in [4.69, 9.17) is 10.1 Å². The van der Waals surface area contributed by atoms with E-state index in [2.05, 4.69) is 50.1 Å². The monoisotopic (exact) mass is 423 g/mol. The molecule has 1 aliphatic heterocycles. The molecule has 0 bridgehead atoms. The second kappa shape index (κ2) is 8.32. The Morgan fingerprint density at radius 1 is 1.00 bits per heavy atom. The highest BCUT2D eigenvalue weighted by Crippen LogP contribution is 2.27. The summed E-state index contributed by atoms with van der Waals surface area (Å²) in [7, 11) is 2.09. The summed E-state index contributed by atoms with van der Waals surface area (Å²) < 4.78 is 1.90. The molecule has 3 aromatic rings. The van der Waals surface area contributed by atoms with Gasteiger partial charge in [-0.1, -0.05) is 41.2 Å². The van der Waals surface area contributed by atoms with E-state index in [1.807, 2.05) is 23.4 Å². The smallest absolute Gasteiger partial charge is 0.266 e. The average molecular weight is 424 g/mol. The molecule has 0 radical (unpaired) electrons. The number of hydrogen-bond donors (Lipinski definition) is 0. The van der Waals surface area contributed by atoms with Crippen LogP contribution in [0.2, 0.25) is 0 Å². The number of benzene rings is 1. The minimum absolute atomic E-state index is 0.0887. The molecular weight excluding hydrogens is 394 g/mol. The largest absolute Gasteiger partial charge is 0.335 e. The third kappa shape index (κ3) is 4.04. The van der Waals surface area contributed by atoms with E-state index in [-0.39, 0.29) is 5.91 Å². The van der Waals surface area contributed by atoms with Crippen LogP contribution in [0.4, 0.5) is 0 Å². The predicted molar refractivity (Wildman–Crippen MR) is 121 cm³/mol. The lowest BCUT2D eigenvalue weighted by molar-refractivity contribution is 0.0668. The van der Waals surface area contributed by atoms with Crippen LogP contribution in [0.1, 0.15) is 43.4 Å². The zero-order chi connectivity index (χ0) is 21.4. The molecule has 3 heterocycles. The molecule has 0 spiro atoms. The van der Waals surface area contributed by atoms with Crippen molar-refractivity contribution in [3.05, 3.63) is 62.9 Å². The summed E-state index contributed by atoms with van der Waals surface area (Å²) in [4.78, 5) is 22.7. The molecule has 0 saturated carbocycles. The molecule has 1 fully saturated rings. The van der Waals surface area contributed by atoms with Gasteiger partial charge in [0.15, 0.2) is 0 Å². The summed E-state index contributed by atoms with van der Waals surface area (Å²) in [5, 5.41) is 5.53. The van der Waals surface area contributed by atoms with Crippen LogP contribution in [0.5, 0.6) is 0 Å². The first kappa shape index (κ1) is 20.8. The molecular formula is C23H29N5OS. The highest BCUT2D eigenvalue weighted by atomic mass is 32.1. The quantitative estimate of drug-likeness (QED) is 0.644. The topological polar surface area (TPSA) is 54.3 Å². The molecule has 2 aromatic heterocycles. The number of thiazole rings is 1. The third-order valence-electron chi connectivity index (χ3n) is 5.89. The van der Waals surface area contributed by atoms with Crippen LogP contribution in [0.3, 0.4) is 0 Å². The Kier molecular flexibility index (Phi) is 5.75. The van der Waals surface area contributed by atoms with Crippen molar-refractivity contribution in [3.63, 3.8) is 0 Å². The first-order valence-corrected chi connectivity index (χ1v) is 11.2. The van der Waals surface area contributed by atoms with Gasteiger partial charge in [-0.25, -0.2) is 9.67 Å². The van der Waals surface area contributed by atoms with Crippen LogP contribution in [0.15, 0.2) is 24.3 Å². The van der Waals surface area contributed by atoms with Gasteiger partial charge in [-0.2, -0.15) is 5.10 Å². The molecule has 30 heavy (non-hydrogen) atoms. The molecule has 6 nitrogen and oxygen atoms in total. The number of aromatic nitrogens is 3. The molecule has 1 amide bonds. The second-order valence-corrected chi connectivity index (χ2v) is 9.21. The number of nitrogens with zero attached hydrogens (tertiary/aromatic N) is 5. The number of piperazine rings is 1. The Balaban J connectivity index is 1.60. The number of aryl methyl sites for hydroxylation is 3. The van der Waals surface area contributed by atoms with E-state index in [1.165, 1.54) is 28.0 Å². The van der Waals surface area contributed by atoms with Crippen LogP contribution < -0.4 is 0 Å². The number of amides is 1. The molecule has 0 aliphatic carbocycles. The van der Waals surface area contributed by atoms with E-state index in [0.717, 1.165) is 59.7 Å². The number of likely N-dealkylation sites (N-methyl/N-ethyl adjacent to an activating group) is 1. The van der Waals surface area contributed by atoms with E-state index >= 15 is 0 Å². The van der Waals surface area contributed by atoms with Crippen LogP contribution >= 0.6 is 11.3 Å². The molecule has 4 rings (SSSR count). The van der Waals surface area contributed by atoms with Gasteiger partial charge in [0.25, 0.3) is 5.91 Å². The van der Waals surface area contributed by atoms with Gasteiger partial charge in [0, 0.05) is 43.9 Å². The zero-order valence-corrected chi connectivity index (χ0v) is 19.2. The molecule has 7 heteroatoms. The summed E-state index contributed by atoms with van der Waals surface area (Å²) >= 11 is 1.44. The lowest BCUT2D eigenvalue weighted by Gasteiger charge is -2.32. The Morgan fingerprint density at radius 2 is 1.67 bits per heavy atom. The predicted octanol–water partition coefficient (Wildman–Crippen LogP) is 3.54. The summed E-state index contributed by atoms with van der Waals surface area (Å²) in [5.41, 5.74) is 6.63. The van der Waals surface area contributed by atoms with Crippen LogP contribution in [-0.2, 0) is 6.42 Å². The Bertz CT molecular complexity index is 1060. The fourth-order valence-corrected chi connectivity index (χ4v) is 4.89. The third-order valence-corrected chi connectivity index (χ3v) is 7.01. The van der Waals surface area contributed by atoms with Crippen molar-refractivity contribution in [1.82, 2.24) is 24.6 Å². The van der Waals surface area contributed by atoms with Crippen molar-refractivity contribution in [2.24, 2.45) is 0 Å². The molecule has 1 aliphatic rings. The van der Waals surface area contributed by atoms with Gasteiger partial charge in [-0.15, -0.1) is 0 Å². The van der Waals surface area contributed by atoms with Gasteiger partial charge in [0.1, 0.15) is 4.88 Å². The molecule has 0 N–H and O–H groups in total. The van der Waals surface area contributed by atoms with Crippen molar-refractivity contribution >= 4 is 17.2 Å². The SMILES string of the molecule is Cc1ccc(Cc2c(C)nn(-c3nc(C)c(C(=O)N4CCN(C)CC4)s3)c2C)cc1. The van der Waals surface area contributed by atoms with Crippen LogP contribution in [0, 0.1) is 27.7 Å². The highest BCUT2D eigenvalue weighted by Gasteiger charge is 2.25. The van der Waals surface area contributed by atoms with Crippen molar-refractivity contribution in [1.29, 1.82) is 0 Å². The van der Waals surface area contributed by atoms with Crippen LogP contribution in [-0.4, -0.2) is 63.7 Å². The maximum absolute atomic E-state index is 13.0. The number of hydrogen-bond acceptors (Lipinski definition) is 5. The van der Waals surface area contributed by atoms with Crippen LogP contribution in [0.25, 0.3) is 5.13 Å². The first-order valence-electron chi connectivity index (χ1n) is 10.4. The highest BCUT2D eigenvalue weighted by molar-refractivity contribution is 7.16. The summed E-state index contributed by atoms with van der Waals surface area (Å²) in [6.45, 7) is 11.5. The van der Waals surface area contributed by atoms with E-state index in [1.54, 1.807) is 0 Å². The summed E-state index contributed by atoms with van der Waals surface area (Å²) in [6.07, 6.45) is 0.843. The van der Waals surface area contributed by atoms with Crippen molar-refractivity contribution in [3.8, 4) is 5.13 Å².